The molecular formula is C19H16F2N2O7. The fourth-order valence-electron chi connectivity index (χ4n) is 2.31. The largest absolute Gasteiger partial charge is 0.586 e. The maximum absolute atomic E-state index is 13.0. The van der Waals surface area contributed by atoms with Crippen molar-refractivity contribution in [1.29, 1.82) is 0 Å². The predicted octanol–water partition coefficient (Wildman–Crippen LogP) is 1.68. The van der Waals surface area contributed by atoms with E-state index in [0.717, 1.165) is 6.07 Å². The number of hydrogen-bond donors (Lipinski definition) is 2. The van der Waals surface area contributed by atoms with Gasteiger partial charge in [-0.3, -0.25) is 14.4 Å². The number of hydrogen-bond acceptors (Lipinski definition) is 7. The molecular weight excluding hydrogens is 406 g/mol. The van der Waals surface area contributed by atoms with Crippen molar-refractivity contribution in [3.63, 3.8) is 0 Å². The van der Waals surface area contributed by atoms with E-state index in [9.17, 15) is 23.2 Å². The zero-order valence-electron chi connectivity index (χ0n) is 15.4. The summed E-state index contributed by atoms with van der Waals surface area (Å²) >= 11 is 0. The number of rotatable bonds is 8. The van der Waals surface area contributed by atoms with E-state index < -0.39 is 37.2 Å². The molecule has 1 heterocycles. The molecule has 0 saturated heterocycles. The monoisotopic (exact) mass is 422 g/mol. The van der Waals surface area contributed by atoms with Gasteiger partial charge in [-0.15, -0.1) is 8.78 Å². The Hall–Kier alpha value is -3.89. The van der Waals surface area contributed by atoms with Crippen LogP contribution in [0.5, 0.6) is 17.2 Å². The number of para-hydroxylation sites is 1. The van der Waals surface area contributed by atoms with Gasteiger partial charge in [-0.2, -0.15) is 0 Å². The molecule has 0 spiro atoms. The number of ether oxygens (including phenoxy) is 4. The minimum atomic E-state index is -3.77. The van der Waals surface area contributed by atoms with Crippen LogP contribution in [0.1, 0.15) is 0 Å². The average molecular weight is 422 g/mol. The molecule has 9 nitrogen and oxygen atoms in total. The van der Waals surface area contributed by atoms with Crippen molar-refractivity contribution in [2.45, 2.75) is 6.29 Å². The first kappa shape index (κ1) is 20.8. The summed E-state index contributed by atoms with van der Waals surface area (Å²) in [5.41, 5.74) is 0.141. The summed E-state index contributed by atoms with van der Waals surface area (Å²) in [6.07, 6.45) is -3.77. The Morgan fingerprint density at radius 1 is 0.933 bits per heavy atom. The highest BCUT2D eigenvalue weighted by molar-refractivity contribution is 5.93. The molecule has 1 aliphatic rings. The van der Waals surface area contributed by atoms with Crippen LogP contribution in [0.15, 0.2) is 48.5 Å². The molecule has 2 amide bonds. The predicted molar refractivity (Wildman–Crippen MR) is 97.2 cm³/mol. The summed E-state index contributed by atoms with van der Waals surface area (Å²) in [7, 11) is 0. The normalized spacial score (nSPS) is 13.3. The van der Waals surface area contributed by atoms with E-state index in [4.69, 9.17) is 9.47 Å². The fraction of sp³-hybridized carbons (Fsp3) is 0.211. The van der Waals surface area contributed by atoms with Gasteiger partial charge in [-0.1, -0.05) is 18.2 Å². The topological polar surface area (TPSA) is 112 Å². The average Bonchev–Trinajstić information content (AvgIpc) is 3.03. The number of carbonyl (C=O) groups excluding carboxylic acids is 3. The van der Waals surface area contributed by atoms with E-state index in [1.807, 2.05) is 0 Å². The maximum atomic E-state index is 13.0. The van der Waals surface area contributed by atoms with Crippen molar-refractivity contribution in [2.24, 2.45) is 0 Å². The molecule has 1 aliphatic heterocycles. The van der Waals surface area contributed by atoms with Crippen LogP contribution in [0.25, 0.3) is 0 Å². The zero-order valence-corrected chi connectivity index (χ0v) is 15.4. The standard InChI is InChI=1S/C19H16F2N2O7/c20-19(21)29-14-7-6-12(8-15(14)30-19)23-17(25)11-28-18(26)9-22-16(24)10-27-13-4-2-1-3-5-13/h1-8H,9-11H2,(H,22,24)(H,23,25). The number of benzene rings is 2. The number of carbonyl (C=O) groups is 3. The molecule has 0 atom stereocenters. The van der Waals surface area contributed by atoms with Crippen molar-refractivity contribution in [3.8, 4) is 17.2 Å². The van der Waals surface area contributed by atoms with Crippen molar-refractivity contribution in [2.75, 3.05) is 25.1 Å². The van der Waals surface area contributed by atoms with Crippen molar-refractivity contribution >= 4 is 23.5 Å². The minimum Gasteiger partial charge on any atom is -0.484 e. The summed E-state index contributed by atoms with van der Waals surface area (Å²) in [4.78, 5) is 35.1. The second-order valence-electron chi connectivity index (χ2n) is 5.92. The van der Waals surface area contributed by atoms with Crippen LogP contribution < -0.4 is 24.8 Å². The van der Waals surface area contributed by atoms with Crippen LogP contribution in [0, 0.1) is 0 Å². The van der Waals surface area contributed by atoms with Crippen LogP contribution in [0.4, 0.5) is 14.5 Å². The lowest BCUT2D eigenvalue weighted by atomic mass is 10.3. The van der Waals surface area contributed by atoms with Crippen LogP contribution >= 0.6 is 0 Å². The number of anilines is 1. The number of amides is 2. The van der Waals surface area contributed by atoms with E-state index in [1.165, 1.54) is 12.1 Å². The van der Waals surface area contributed by atoms with Gasteiger partial charge in [0.1, 0.15) is 12.3 Å². The Balaban J connectivity index is 1.35. The molecule has 3 rings (SSSR count). The number of fused-ring (bicyclic) bond motifs is 1. The third-order valence-corrected chi connectivity index (χ3v) is 3.59. The number of halogens is 2. The van der Waals surface area contributed by atoms with Crippen molar-refractivity contribution in [3.05, 3.63) is 48.5 Å². The molecule has 2 N–H and O–H groups in total. The third kappa shape index (κ3) is 6.06. The molecule has 0 aliphatic carbocycles. The Bertz CT molecular complexity index is 938. The van der Waals surface area contributed by atoms with Gasteiger partial charge in [-0.05, 0) is 24.3 Å². The van der Waals surface area contributed by atoms with Gasteiger partial charge in [0.15, 0.2) is 24.7 Å². The first-order chi connectivity index (χ1) is 14.3. The second kappa shape index (κ2) is 9.07. The van der Waals surface area contributed by atoms with Crippen LogP contribution in [0.3, 0.4) is 0 Å². The van der Waals surface area contributed by atoms with Gasteiger partial charge in [0, 0.05) is 11.8 Å². The van der Waals surface area contributed by atoms with E-state index in [1.54, 1.807) is 30.3 Å². The molecule has 0 unspecified atom stereocenters. The first-order valence-electron chi connectivity index (χ1n) is 8.61. The molecule has 0 bridgehead atoms. The van der Waals surface area contributed by atoms with Gasteiger partial charge in [-0.25, -0.2) is 0 Å². The molecule has 11 heteroatoms. The molecule has 2 aromatic rings. The van der Waals surface area contributed by atoms with E-state index in [2.05, 4.69) is 20.1 Å². The second-order valence-corrected chi connectivity index (χ2v) is 5.92. The van der Waals surface area contributed by atoms with Crippen LogP contribution in [-0.4, -0.2) is 43.8 Å². The summed E-state index contributed by atoms with van der Waals surface area (Å²) in [6, 6.07) is 12.3. The van der Waals surface area contributed by atoms with E-state index in [0.29, 0.717) is 5.75 Å². The van der Waals surface area contributed by atoms with Crippen LogP contribution in [-0.2, 0) is 19.1 Å². The zero-order chi connectivity index (χ0) is 21.6. The molecule has 158 valence electrons. The third-order valence-electron chi connectivity index (χ3n) is 3.59. The molecule has 0 aromatic heterocycles. The maximum Gasteiger partial charge on any atom is 0.586 e. The minimum absolute atomic E-state index is 0.141. The smallest absolute Gasteiger partial charge is 0.484 e. The van der Waals surface area contributed by atoms with Gasteiger partial charge in [0.2, 0.25) is 0 Å². The Kier molecular flexibility index (Phi) is 6.30. The molecule has 30 heavy (non-hydrogen) atoms. The number of alkyl halides is 2. The van der Waals surface area contributed by atoms with Crippen molar-refractivity contribution in [1.82, 2.24) is 5.32 Å². The number of nitrogens with one attached hydrogen (secondary N) is 2. The SMILES string of the molecule is O=C(COc1ccccc1)NCC(=O)OCC(=O)Nc1ccc2c(c1)OC(F)(F)O2. The Morgan fingerprint density at radius 3 is 2.43 bits per heavy atom. The summed E-state index contributed by atoms with van der Waals surface area (Å²) in [5, 5.41) is 4.64. The lowest BCUT2D eigenvalue weighted by Gasteiger charge is -2.09. The van der Waals surface area contributed by atoms with Gasteiger partial charge in [0.25, 0.3) is 11.8 Å². The van der Waals surface area contributed by atoms with Crippen LogP contribution in [0.2, 0.25) is 0 Å². The fourth-order valence-corrected chi connectivity index (χ4v) is 2.31. The lowest BCUT2D eigenvalue weighted by Crippen LogP contribution is -2.35. The summed E-state index contributed by atoms with van der Waals surface area (Å²) in [5.74, 6) is -2.01. The number of esters is 1. The Labute approximate surface area is 168 Å². The quantitative estimate of drug-likeness (QED) is 0.623. The Morgan fingerprint density at radius 2 is 1.67 bits per heavy atom. The first-order valence-corrected chi connectivity index (χ1v) is 8.61. The highest BCUT2D eigenvalue weighted by Crippen LogP contribution is 2.42. The summed E-state index contributed by atoms with van der Waals surface area (Å²) < 4.78 is 44.4. The molecule has 2 aromatic carbocycles. The van der Waals surface area contributed by atoms with E-state index in [-0.39, 0.29) is 23.8 Å². The molecule has 0 fully saturated rings. The molecule has 0 radical (unpaired) electrons. The van der Waals surface area contributed by atoms with Gasteiger partial charge >= 0.3 is 12.3 Å². The van der Waals surface area contributed by atoms with Crippen molar-refractivity contribution < 1.29 is 42.1 Å². The summed E-state index contributed by atoms with van der Waals surface area (Å²) in [6.45, 7) is -1.38. The van der Waals surface area contributed by atoms with Gasteiger partial charge in [0.05, 0.1) is 0 Å². The lowest BCUT2D eigenvalue weighted by molar-refractivity contribution is -0.286. The highest BCUT2D eigenvalue weighted by Gasteiger charge is 2.43. The van der Waals surface area contributed by atoms with E-state index >= 15 is 0 Å². The molecule has 0 saturated carbocycles. The highest BCUT2D eigenvalue weighted by atomic mass is 19.3. The van der Waals surface area contributed by atoms with Gasteiger partial charge < -0.3 is 29.6 Å².